The fraction of sp³-hybridized carbons (Fsp3) is 0.485. The normalized spacial score (nSPS) is 21.3. The number of nitrogens with zero attached hydrogens (tertiary/aromatic N) is 3. The lowest BCUT2D eigenvalue weighted by Crippen LogP contribution is -2.66. The summed E-state index contributed by atoms with van der Waals surface area (Å²) in [5, 5.41) is 14.4. The topological polar surface area (TPSA) is 109 Å². The molecule has 224 valence electrons. The van der Waals surface area contributed by atoms with Crippen molar-refractivity contribution in [2.75, 3.05) is 32.8 Å². The molecule has 9 heteroatoms. The number of hydrogen-bond donors (Lipinski definition) is 3. The number of carbonyl (C=O) groups is 3. The van der Waals surface area contributed by atoms with Gasteiger partial charge in [-0.2, -0.15) is 0 Å². The van der Waals surface area contributed by atoms with E-state index < -0.39 is 18.1 Å². The third-order valence-corrected chi connectivity index (χ3v) is 8.72. The van der Waals surface area contributed by atoms with E-state index in [4.69, 9.17) is 0 Å². The first kappa shape index (κ1) is 29.8. The first-order valence-electron chi connectivity index (χ1n) is 15.1. The number of amides is 3. The quantitative estimate of drug-likeness (QED) is 0.346. The molecule has 3 N–H and O–H groups in total. The van der Waals surface area contributed by atoms with E-state index in [0.717, 1.165) is 22.0 Å². The van der Waals surface area contributed by atoms with Crippen LogP contribution in [0.2, 0.25) is 0 Å². The third kappa shape index (κ3) is 6.22. The number of nitrogens with one attached hydrogen (secondary N) is 2. The predicted molar refractivity (Wildman–Crippen MR) is 163 cm³/mol. The van der Waals surface area contributed by atoms with Crippen molar-refractivity contribution < 1.29 is 19.5 Å². The summed E-state index contributed by atoms with van der Waals surface area (Å²) in [6.07, 6.45) is 3.50. The lowest BCUT2D eigenvalue weighted by Gasteiger charge is -2.45. The van der Waals surface area contributed by atoms with Crippen LogP contribution >= 0.6 is 0 Å². The van der Waals surface area contributed by atoms with E-state index in [1.54, 1.807) is 21.6 Å². The maximum atomic E-state index is 14.4. The number of aliphatic hydroxyl groups excluding tert-OH is 1. The second kappa shape index (κ2) is 13.1. The highest BCUT2D eigenvalue weighted by molar-refractivity contribution is 5.95. The van der Waals surface area contributed by atoms with Crippen LogP contribution in [-0.2, 0) is 27.2 Å². The molecule has 2 saturated heterocycles. The molecule has 0 bridgehead atoms. The molecular weight excluding hydrogens is 530 g/mol. The Kier molecular flexibility index (Phi) is 9.28. The summed E-state index contributed by atoms with van der Waals surface area (Å²) in [5.41, 5.74) is 2.99. The molecule has 3 amide bonds. The molecule has 0 spiro atoms. The van der Waals surface area contributed by atoms with Gasteiger partial charge in [0, 0.05) is 49.7 Å². The third-order valence-electron chi connectivity index (χ3n) is 8.72. The fourth-order valence-electron chi connectivity index (χ4n) is 6.51. The average Bonchev–Trinajstić information content (AvgIpc) is 3.40. The van der Waals surface area contributed by atoms with Crippen LogP contribution < -0.4 is 5.32 Å². The van der Waals surface area contributed by atoms with Gasteiger partial charge in [0.2, 0.25) is 17.7 Å². The Labute approximate surface area is 247 Å². The molecule has 9 nitrogen and oxygen atoms in total. The highest BCUT2D eigenvalue weighted by Gasteiger charge is 2.43. The molecule has 5 rings (SSSR count). The second-order valence-electron chi connectivity index (χ2n) is 12.0. The van der Waals surface area contributed by atoms with Crippen molar-refractivity contribution >= 4 is 28.6 Å². The molecule has 2 aliphatic rings. The molecule has 1 aromatic heterocycles. The van der Waals surface area contributed by atoms with Crippen LogP contribution in [0, 0.1) is 5.92 Å². The molecule has 0 aliphatic carbocycles. The summed E-state index contributed by atoms with van der Waals surface area (Å²) in [5.74, 6) is -0.140. The summed E-state index contributed by atoms with van der Waals surface area (Å²) in [6, 6.07) is 15.7. The highest BCUT2D eigenvalue weighted by Crippen LogP contribution is 2.25. The summed E-state index contributed by atoms with van der Waals surface area (Å²) < 4.78 is 0. The van der Waals surface area contributed by atoms with Gasteiger partial charge in [0.1, 0.15) is 12.1 Å². The van der Waals surface area contributed by atoms with Crippen LogP contribution in [0.5, 0.6) is 0 Å². The first-order valence-corrected chi connectivity index (χ1v) is 15.1. The van der Waals surface area contributed by atoms with Gasteiger partial charge in [-0.3, -0.25) is 14.4 Å². The van der Waals surface area contributed by atoms with Gasteiger partial charge in [-0.25, -0.2) is 0 Å². The molecule has 42 heavy (non-hydrogen) atoms. The van der Waals surface area contributed by atoms with Gasteiger partial charge in [0.05, 0.1) is 18.7 Å². The largest absolute Gasteiger partial charge is 0.394 e. The van der Waals surface area contributed by atoms with Crippen molar-refractivity contribution in [1.82, 2.24) is 25.0 Å². The van der Waals surface area contributed by atoms with Gasteiger partial charge < -0.3 is 30.1 Å². The van der Waals surface area contributed by atoms with Crippen molar-refractivity contribution in [3.8, 4) is 0 Å². The molecule has 0 radical (unpaired) electrons. The number of para-hydroxylation sites is 1. The van der Waals surface area contributed by atoms with Gasteiger partial charge in [0.25, 0.3) is 0 Å². The molecule has 2 aromatic carbocycles. The standard InChI is InChI=1S/C33H43N5O4/c1-22(2)17-26(21-39)37-16-15-36(23(3)31(37)40)33(42)30(19-25-20-35-28-12-8-7-11-27(25)28)38-14-13-34-29(32(38)41)18-24-9-5-4-6-10-24/h4-12,20,22-23,26,29-30,34-35,39H,13-19,21H2,1-3H3. The zero-order valence-corrected chi connectivity index (χ0v) is 24.8. The van der Waals surface area contributed by atoms with E-state index in [1.165, 1.54) is 0 Å². The summed E-state index contributed by atoms with van der Waals surface area (Å²) >= 11 is 0. The first-order chi connectivity index (χ1) is 20.3. The van der Waals surface area contributed by atoms with Gasteiger partial charge in [-0.15, -0.1) is 0 Å². The van der Waals surface area contributed by atoms with Crippen LogP contribution in [0.3, 0.4) is 0 Å². The lowest BCUT2D eigenvalue weighted by molar-refractivity contribution is -0.159. The Bertz CT molecular complexity index is 1390. The number of piperazine rings is 2. The maximum absolute atomic E-state index is 14.4. The molecular formula is C33H43N5O4. The van der Waals surface area contributed by atoms with Crippen molar-refractivity contribution in [2.45, 2.75) is 64.2 Å². The number of aromatic nitrogens is 1. The Morgan fingerprint density at radius 2 is 1.71 bits per heavy atom. The van der Waals surface area contributed by atoms with Gasteiger partial charge >= 0.3 is 0 Å². The van der Waals surface area contributed by atoms with E-state index in [9.17, 15) is 19.5 Å². The molecule has 3 heterocycles. The minimum atomic E-state index is -0.747. The summed E-state index contributed by atoms with van der Waals surface area (Å²) in [6.45, 7) is 7.50. The summed E-state index contributed by atoms with van der Waals surface area (Å²) in [4.78, 5) is 50.4. The van der Waals surface area contributed by atoms with Crippen LogP contribution in [0.4, 0.5) is 0 Å². The van der Waals surface area contributed by atoms with Crippen LogP contribution in [0.25, 0.3) is 10.9 Å². The van der Waals surface area contributed by atoms with Gasteiger partial charge in [0.15, 0.2) is 0 Å². The SMILES string of the molecule is CC(C)CC(CO)N1CCN(C(=O)C(Cc2c[nH]c3ccccc23)N2CCNC(Cc3ccccc3)C2=O)C(C)C1=O. The number of aromatic amines is 1. The Morgan fingerprint density at radius 3 is 2.45 bits per heavy atom. The van der Waals surface area contributed by atoms with Crippen LogP contribution in [0.15, 0.2) is 60.8 Å². The van der Waals surface area contributed by atoms with E-state index in [2.05, 4.69) is 24.1 Å². The van der Waals surface area contributed by atoms with E-state index in [0.29, 0.717) is 51.4 Å². The molecule has 4 unspecified atom stereocenters. The van der Waals surface area contributed by atoms with Gasteiger partial charge in [-0.05, 0) is 42.9 Å². The smallest absolute Gasteiger partial charge is 0.246 e. The van der Waals surface area contributed by atoms with E-state index in [-0.39, 0.29) is 30.4 Å². The van der Waals surface area contributed by atoms with Crippen molar-refractivity contribution in [3.05, 3.63) is 71.9 Å². The average molecular weight is 574 g/mol. The minimum absolute atomic E-state index is 0.0989. The predicted octanol–water partition coefficient (Wildman–Crippen LogP) is 2.59. The zero-order valence-electron chi connectivity index (χ0n) is 24.8. The van der Waals surface area contributed by atoms with Crippen LogP contribution in [0.1, 0.15) is 38.3 Å². The van der Waals surface area contributed by atoms with Crippen molar-refractivity contribution in [3.63, 3.8) is 0 Å². The van der Waals surface area contributed by atoms with Crippen LogP contribution in [-0.4, -0.2) is 99.5 Å². The lowest BCUT2D eigenvalue weighted by atomic mass is 9.97. The Morgan fingerprint density at radius 1 is 0.976 bits per heavy atom. The monoisotopic (exact) mass is 573 g/mol. The Balaban J connectivity index is 1.42. The molecule has 2 aliphatic heterocycles. The fourth-order valence-corrected chi connectivity index (χ4v) is 6.51. The Hall–Kier alpha value is -3.69. The zero-order chi connectivity index (χ0) is 29.8. The number of rotatable bonds is 10. The van der Waals surface area contributed by atoms with Crippen molar-refractivity contribution in [1.29, 1.82) is 0 Å². The number of aliphatic hydroxyl groups is 1. The molecule has 0 saturated carbocycles. The van der Waals surface area contributed by atoms with E-state index >= 15 is 0 Å². The number of carbonyl (C=O) groups excluding carboxylic acids is 3. The number of fused-ring (bicyclic) bond motifs is 1. The number of hydrogen-bond acceptors (Lipinski definition) is 5. The molecule has 2 fully saturated rings. The molecule has 4 atom stereocenters. The number of H-pyrrole nitrogens is 1. The second-order valence-corrected chi connectivity index (χ2v) is 12.0. The van der Waals surface area contributed by atoms with Gasteiger partial charge in [-0.1, -0.05) is 62.4 Å². The maximum Gasteiger partial charge on any atom is 0.246 e. The number of benzene rings is 2. The molecule has 3 aromatic rings. The minimum Gasteiger partial charge on any atom is -0.394 e. The summed E-state index contributed by atoms with van der Waals surface area (Å²) in [7, 11) is 0. The highest BCUT2D eigenvalue weighted by atomic mass is 16.3. The van der Waals surface area contributed by atoms with Crippen molar-refractivity contribution in [2.24, 2.45) is 5.92 Å². The van der Waals surface area contributed by atoms with E-state index in [1.807, 2.05) is 60.8 Å².